The van der Waals surface area contributed by atoms with E-state index in [0.717, 1.165) is 33.1 Å². The molecule has 3 aromatic rings. The second-order valence-corrected chi connectivity index (χ2v) is 7.49. The van der Waals surface area contributed by atoms with Gasteiger partial charge in [0.15, 0.2) is 0 Å². The molecule has 2 heterocycles. The average Bonchev–Trinajstić information content (AvgIpc) is 3.26. The fourth-order valence-electron chi connectivity index (χ4n) is 3.15. The van der Waals surface area contributed by atoms with Gasteiger partial charge < -0.3 is 10.6 Å². The van der Waals surface area contributed by atoms with Crippen LogP contribution in [0.3, 0.4) is 0 Å². The number of rotatable bonds is 5. The Morgan fingerprint density at radius 2 is 2.11 bits per heavy atom. The topological polar surface area (TPSA) is 71.1 Å². The van der Waals surface area contributed by atoms with Crippen molar-refractivity contribution in [2.45, 2.75) is 19.8 Å². The largest absolute Gasteiger partial charge is 0.352 e. The normalized spacial score (nSPS) is 12.6. The fraction of sp³-hybridized carbons (Fsp3) is 0.190. The molecule has 1 aliphatic heterocycles. The number of fused-ring (bicyclic) bond motifs is 1. The zero-order chi connectivity index (χ0) is 18.8. The lowest BCUT2D eigenvalue weighted by atomic mass is 10.1. The van der Waals surface area contributed by atoms with Gasteiger partial charge in [-0.3, -0.25) is 9.59 Å². The number of aryl methyl sites for hydroxylation is 1. The van der Waals surface area contributed by atoms with Gasteiger partial charge in [0.05, 0.1) is 17.1 Å². The van der Waals surface area contributed by atoms with Crippen LogP contribution in [0.2, 0.25) is 0 Å². The molecule has 1 aromatic heterocycles. The van der Waals surface area contributed by atoms with E-state index in [-0.39, 0.29) is 11.8 Å². The first-order valence-corrected chi connectivity index (χ1v) is 9.69. The first-order valence-electron chi connectivity index (χ1n) is 8.81. The van der Waals surface area contributed by atoms with Crippen molar-refractivity contribution in [2.75, 3.05) is 11.9 Å². The van der Waals surface area contributed by atoms with Crippen molar-refractivity contribution in [2.24, 2.45) is 0 Å². The Labute approximate surface area is 161 Å². The van der Waals surface area contributed by atoms with Crippen molar-refractivity contribution >= 4 is 28.8 Å². The van der Waals surface area contributed by atoms with E-state index in [0.29, 0.717) is 24.9 Å². The quantitative estimate of drug-likeness (QED) is 0.714. The minimum Gasteiger partial charge on any atom is -0.352 e. The number of carbonyl (C=O) groups excluding carboxylic acids is 2. The molecule has 2 N–H and O–H groups in total. The Morgan fingerprint density at radius 1 is 1.26 bits per heavy atom. The summed E-state index contributed by atoms with van der Waals surface area (Å²) in [5.74, 6) is -0.0221. The summed E-state index contributed by atoms with van der Waals surface area (Å²) < 4.78 is 0. The van der Waals surface area contributed by atoms with Gasteiger partial charge in [0.2, 0.25) is 5.91 Å². The number of aromatic nitrogens is 1. The Bertz CT molecular complexity index is 1030. The highest BCUT2D eigenvalue weighted by Crippen LogP contribution is 2.29. The maximum Gasteiger partial charge on any atom is 0.251 e. The number of carbonyl (C=O) groups is 2. The van der Waals surface area contributed by atoms with Gasteiger partial charge in [-0.15, -0.1) is 11.3 Å². The molecule has 0 saturated heterocycles. The first-order chi connectivity index (χ1) is 13.1. The molecule has 136 valence electrons. The molecule has 0 aliphatic carbocycles. The number of thiazole rings is 1. The van der Waals surface area contributed by atoms with Crippen molar-refractivity contribution in [1.29, 1.82) is 0 Å². The summed E-state index contributed by atoms with van der Waals surface area (Å²) in [5.41, 5.74) is 5.49. The standard InChI is InChI=1S/C21H19N3O2S/c1-13-4-2-3-5-16(13)21(26)22-9-8-20-24-18(12-27-20)14-6-7-17-15(10-14)11-19(25)23-17/h2-7,10,12H,8-9,11H2,1H3,(H,22,26)(H,23,25). The predicted octanol–water partition coefficient (Wildman–Crippen LogP) is 3.59. The van der Waals surface area contributed by atoms with Crippen molar-refractivity contribution < 1.29 is 9.59 Å². The first kappa shape index (κ1) is 17.4. The summed E-state index contributed by atoms with van der Waals surface area (Å²) in [4.78, 5) is 28.4. The van der Waals surface area contributed by atoms with E-state index < -0.39 is 0 Å². The predicted molar refractivity (Wildman–Crippen MR) is 107 cm³/mol. The lowest BCUT2D eigenvalue weighted by Gasteiger charge is -2.06. The molecule has 0 bridgehead atoms. The van der Waals surface area contributed by atoms with E-state index in [9.17, 15) is 9.59 Å². The molecule has 0 unspecified atom stereocenters. The third-order valence-corrected chi connectivity index (χ3v) is 5.50. The molecule has 0 radical (unpaired) electrons. The third-order valence-electron chi connectivity index (χ3n) is 4.59. The van der Waals surface area contributed by atoms with Crippen LogP contribution in [-0.4, -0.2) is 23.3 Å². The third kappa shape index (κ3) is 3.75. The maximum absolute atomic E-state index is 12.3. The van der Waals surface area contributed by atoms with Crippen LogP contribution in [-0.2, 0) is 17.6 Å². The molecule has 2 amide bonds. The van der Waals surface area contributed by atoms with Crippen LogP contribution >= 0.6 is 11.3 Å². The van der Waals surface area contributed by atoms with Gasteiger partial charge in [-0.2, -0.15) is 0 Å². The molecule has 5 nitrogen and oxygen atoms in total. The van der Waals surface area contributed by atoms with Crippen LogP contribution in [0.1, 0.15) is 26.5 Å². The summed E-state index contributed by atoms with van der Waals surface area (Å²) >= 11 is 1.58. The van der Waals surface area contributed by atoms with Crippen LogP contribution < -0.4 is 10.6 Å². The van der Waals surface area contributed by atoms with Gasteiger partial charge in [0.1, 0.15) is 0 Å². The van der Waals surface area contributed by atoms with E-state index >= 15 is 0 Å². The second-order valence-electron chi connectivity index (χ2n) is 6.54. The van der Waals surface area contributed by atoms with Gasteiger partial charge in [-0.1, -0.05) is 24.3 Å². The van der Waals surface area contributed by atoms with E-state index in [4.69, 9.17) is 0 Å². The van der Waals surface area contributed by atoms with Crippen molar-refractivity contribution in [3.05, 3.63) is 69.5 Å². The van der Waals surface area contributed by atoms with Crippen molar-refractivity contribution in [3.8, 4) is 11.3 Å². The zero-order valence-corrected chi connectivity index (χ0v) is 15.7. The monoisotopic (exact) mass is 377 g/mol. The minimum absolute atomic E-state index is 0.0329. The van der Waals surface area contributed by atoms with E-state index in [1.165, 1.54) is 0 Å². The molecular formula is C21H19N3O2S. The Kier molecular flexibility index (Phi) is 4.73. The molecule has 6 heteroatoms. The molecule has 2 aromatic carbocycles. The number of hydrogen-bond donors (Lipinski definition) is 2. The molecule has 1 aliphatic rings. The van der Waals surface area contributed by atoms with Crippen LogP contribution in [0, 0.1) is 6.92 Å². The van der Waals surface area contributed by atoms with Crippen LogP contribution in [0.15, 0.2) is 47.8 Å². The van der Waals surface area contributed by atoms with Gasteiger partial charge in [0, 0.05) is 35.2 Å². The number of nitrogens with zero attached hydrogens (tertiary/aromatic N) is 1. The van der Waals surface area contributed by atoms with Crippen molar-refractivity contribution in [1.82, 2.24) is 10.3 Å². The summed E-state index contributed by atoms with van der Waals surface area (Å²) in [6, 6.07) is 13.5. The molecule has 27 heavy (non-hydrogen) atoms. The van der Waals surface area contributed by atoms with Crippen LogP contribution in [0.4, 0.5) is 5.69 Å². The van der Waals surface area contributed by atoms with Gasteiger partial charge >= 0.3 is 0 Å². The summed E-state index contributed by atoms with van der Waals surface area (Å²) in [6.07, 6.45) is 1.11. The number of benzene rings is 2. The lowest BCUT2D eigenvalue weighted by molar-refractivity contribution is -0.115. The zero-order valence-electron chi connectivity index (χ0n) is 14.9. The molecule has 0 atom stereocenters. The number of anilines is 1. The summed E-state index contributed by atoms with van der Waals surface area (Å²) in [5, 5.41) is 8.79. The molecule has 0 fully saturated rings. The highest BCUT2D eigenvalue weighted by molar-refractivity contribution is 7.09. The Balaban J connectivity index is 1.38. The summed E-state index contributed by atoms with van der Waals surface area (Å²) in [6.45, 7) is 2.48. The van der Waals surface area contributed by atoms with Gasteiger partial charge in [-0.25, -0.2) is 4.98 Å². The SMILES string of the molecule is Cc1ccccc1C(=O)NCCc1nc(-c2ccc3c(c2)CC(=O)N3)cs1. The van der Waals surface area contributed by atoms with Gasteiger partial charge in [-0.05, 0) is 36.2 Å². The molecule has 0 saturated carbocycles. The number of nitrogens with one attached hydrogen (secondary N) is 2. The number of amides is 2. The van der Waals surface area contributed by atoms with E-state index in [1.54, 1.807) is 11.3 Å². The molecule has 0 spiro atoms. The number of hydrogen-bond acceptors (Lipinski definition) is 4. The Hall–Kier alpha value is -2.99. The average molecular weight is 377 g/mol. The minimum atomic E-state index is -0.0549. The van der Waals surface area contributed by atoms with E-state index in [2.05, 4.69) is 15.6 Å². The Morgan fingerprint density at radius 3 is 2.96 bits per heavy atom. The van der Waals surface area contributed by atoms with Crippen LogP contribution in [0.5, 0.6) is 0 Å². The molecule has 4 rings (SSSR count). The van der Waals surface area contributed by atoms with E-state index in [1.807, 2.05) is 54.8 Å². The lowest BCUT2D eigenvalue weighted by Crippen LogP contribution is -2.26. The highest BCUT2D eigenvalue weighted by Gasteiger charge is 2.18. The maximum atomic E-state index is 12.3. The fourth-order valence-corrected chi connectivity index (χ4v) is 3.96. The highest BCUT2D eigenvalue weighted by atomic mass is 32.1. The van der Waals surface area contributed by atoms with Gasteiger partial charge in [0.25, 0.3) is 5.91 Å². The smallest absolute Gasteiger partial charge is 0.251 e. The summed E-state index contributed by atoms with van der Waals surface area (Å²) in [7, 11) is 0. The second kappa shape index (κ2) is 7.32. The van der Waals surface area contributed by atoms with Crippen molar-refractivity contribution in [3.63, 3.8) is 0 Å². The molecular weight excluding hydrogens is 358 g/mol. The van der Waals surface area contributed by atoms with Crippen LogP contribution in [0.25, 0.3) is 11.3 Å².